The molecule has 0 amide bonds. The Hall–Kier alpha value is -1.75. The third-order valence-electron chi connectivity index (χ3n) is 2.64. The molecule has 12 heteroatoms. The molecular formula is C12H8Cl2N2O6S2. The molecule has 1 heterocycles. The van der Waals surface area contributed by atoms with Crippen molar-refractivity contribution < 1.29 is 22.3 Å². The summed E-state index contributed by atoms with van der Waals surface area (Å²) >= 11 is 11.9. The number of halogens is 2. The third-order valence-corrected chi connectivity index (χ3v) is 6.17. The molecule has 0 N–H and O–H groups in total. The average molecular weight is 411 g/mol. The molecule has 0 saturated carbocycles. The van der Waals surface area contributed by atoms with E-state index in [9.17, 15) is 23.3 Å². The Morgan fingerprint density at radius 2 is 2.04 bits per heavy atom. The smallest absolute Gasteiger partial charge is 0.378 e. The number of Topliss-reactive ketones (excluding diaryl/α,β-unsaturated/α-hetero) is 1. The Labute approximate surface area is 150 Å². The second-order valence-corrected chi connectivity index (χ2v) is 7.83. The number of nitrogens with zero attached hydrogens (tertiary/aromatic N) is 2. The van der Waals surface area contributed by atoms with Crippen LogP contribution in [0.25, 0.3) is 0 Å². The van der Waals surface area contributed by atoms with E-state index in [1.54, 1.807) is 0 Å². The highest BCUT2D eigenvalue weighted by Crippen LogP contribution is 2.34. The van der Waals surface area contributed by atoms with Gasteiger partial charge in [-0.2, -0.15) is 8.42 Å². The van der Waals surface area contributed by atoms with Crippen LogP contribution in [0.2, 0.25) is 10.0 Å². The SMILES string of the molecule is CCC(=O)c1nc([N+](=O)[O-])c(S(=O)(=O)Oc2ccc(Cl)c(Cl)c2)s1. The van der Waals surface area contributed by atoms with Crippen LogP contribution >= 0.6 is 34.5 Å². The van der Waals surface area contributed by atoms with Crippen LogP contribution in [0.1, 0.15) is 23.1 Å². The second kappa shape index (κ2) is 7.01. The van der Waals surface area contributed by atoms with Crippen molar-refractivity contribution in [3.63, 3.8) is 0 Å². The lowest BCUT2D eigenvalue weighted by molar-refractivity contribution is -0.391. The monoisotopic (exact) mass is 410 g/mol. The predicted molar refractivity (Wildman–Crippen MR) is 87.7 cm³/mol. The molecule has 8 nitrogen and oxygen atoms in total. The topological polar surface area (TPSA) is 116 Å². The molecule has 0 aliphatic carbocycles. The number of hydrogen-bond acceptors (Lipinski definition) is 8. The molecule has 0 bridgehead atoms. The minimum absolute atomic E-state index is 0.0256. The molecule has 2 rings (SSSR count). The van der Waals surface area contributed by atoms with E-state index in [0.717, 1.165) is 6.07 Å². The Kier molecular flexibility index (Phi) is 5.43. The van der Waals surface area contributed by atoms with Gasteiger partial charge in [0.2, 0.25) is 5.78 Å². The summed E-state index contributed by atoms with van der Waals surface area (Å²) in [7, 11) is -4.58. The van der Waals surface area contributed by atoms with Gasteiger partial charge in [-0.05, 0) is 22.0 Å². The highest BCUT2D eigenvalue weighted by Gasteiger charge is 2.36. The molecule has 0 fully saturated rings. The lowest BCUT2D eigenvalue weighted by Gasteiger charge is -2.05. The molecule has 0 spiro atoms. The number of ketones is 1. The van der Waals surface area contributed by atoms with Gasteiger partial charge in [-0.3, -0.25) is 4.79 Å². The van der Waals surface area contributed by atoms with Crippen molar-refractivity contribution in [2.45, 2.75) is 17.6 Å². The minimum atomic E-state index is -4.58. The van der Waals surface area contributed by atoms with Gasteiger partial charge in [-0.1, -0.05) is 41.5 Å². The van der Waals surface area contributed by atoms with Gasteiger partial charge in [0.05, 0.1) is 10.0 Å². The van der Waals surface area contributed by atoms with Gasteiger partial charge in [0.15, 0.2) is 0 Å². The quantitative estimate of drug-likeness (QED) is 0.308. The van der Waals surface area contributed by atoms with Crippen molar-refractivity contribution in [1.82, 2.24) is 4.98 Å². The van der Waals surface area contributed by atoms with E-state index in [-0.39, 0.29) is 27.2 Å². The summed E-state index contributed by atoms with van der Waals surface area (Å²) in [4.78, 5) is 25.1. The molecule has 0 unspecified atom stereocenters. The first-order chi connectivity index (χ1) is 11.2. The van der Waals surface area contributed by atoms with E-state index >= 15 is 0 Å². The molecule has 128 valence electrons. The number of nitro groups is 1. The van der Waals surface area contributed by atoms with Crippen LogP contribution in [0.4, 0.5) is 5.82 Å². The van der Waals surface area contributed by atoms with Crippen LogP contribution in [0, 0.1) is 10.1 Å². The summed E-state index contributed by atoms with van der Waals surface area (Å²) in [5.74, 6) is -1.66. The average Bonchev–Trinajstić information content (AvgIpc) is 2.96. The zero-order valence-corrected chi connectivity index (χ0v) is 15.0. The number of aromatic nitrogens is 1. The first kappa shape index (κ1) is 18.6. The van der Waals surface area contributed by atoms with Crippen LogP contribution in [0.5, 0.6) is 5.75 Å². The van der Waals surface area contributed by atoms with Crippen molar-refractivity contribution in [1.29, 1.82) is 0 Å². The summed E-state index contributed by atoms with van der Waals surface area (Å²) in [5, 5.41) is 11.0. The van der Waals surface area contributed by atoms with E-state index in [2.05, 4.69) is 4.98 Å². The maximum Gasteiger partial charge on any atom is 0.398 e. The summed E-state index contributed by atoms with van der Waals surface area (Å²) < 4.78 is 28.7. The normalized spacial score (nSPS) is 11.3. The van der Waals surface area contributed by atoms with Crippen LogP contribution in [0.15, 0.2) is 22.4 Å². The van der Waals surface area contributed by atoms with Crippen LogP contribution < -0.4 is 4.18 Å². The van der Waals surface area contributed by atoms with Gasteiger partial charge in [-0.25, -0.2) is 0 Å². The number of benzene rings is 1. The van der Waals surface area contributed by atoms with Crippen LogP contribution in [0.3, 0.4) is 0 Å². The summed E-state index contributed by atoms with van der Waals surface area (Å²) in [6.07, 6.45) is 0.0256. The molecule has 0 radical (unpaired) electrons. The standard InChI is InChI=1S/C12H8Cl2N2O6S2/c1-2-9(17)11-15-10(16(18)19)12(23-11)24(20,21)22-6-3-4-7(13)8(14)5-6/h3-5H,2H2,1H3. The van der Waals surface area contributed by atoms with E-state index < -0.39 is 30.9 Å². The summed E-state index contributed by atoms with van der Waals surface area (Å²) in [5.41, 5.74) is 0. The van der Waals surface area contributed by atoms with E-state index in [1.165, 1.54) is 19.1 Å². The number of carbonyl (C=O) groups excluding carboxylic acids is 1. The van der Waals surface area contributed by atoms with Gasteiger partial charge in [0.1, 0.15) is 5.75 Å². The maximum absolute atomic E-state index is 12.3. The Balaban J connectivity index is 2.48. The molecule has 0 aliphatic heterocycles. The van der Waals surface area contributed by atoms with Gasteiger partial charge < -0.3 is 14.3 Å². The lowest BCUT2D eigenvalue weighted by Crippen LogP contribution is -2.10. The van der Waals surface area contributed by atoms with E-state index in [0.29, 0.717) is 11.3 Å². The first-order valence-corrected chi connectivity index (χ1v) is 9.21. The van der Waals surface area contributed by atoms with Crippen molar-refractivity contribution in [2.24, 2.45) is 0 Å². The molecule has 2 aromatic rings. The van der Waals surface area contributed by atoms with Crippen molar-refractivity contribution in [3.8, 4) is 5.75 Å². The summed E-state index contributed by atoms with van der Waals surface area (Å²) in [6, 6.07) is 3.69. The van der Waals surface area contributed by atoms with Crippen LogP contribution in [-0.2, 0) is 10.1 Å². The fourth-order valence-electron chi connectivity index (χ4n) is 1.54. The second-order valence-electron chi connectivity index (χ2n) is 4.28. The zero-order chi connectivity index (χ0) is 18.1. The third kappa shape index (κ3) is 3.83. The predicted octanol–water partition coefficient (Wildman–Crippen LogP) is 3.72. The van der Waals surface area contributed by atoms with Gasteiger partial charge in [0, 0.05) is 12.5 Å². The molecular weight excluding hydrogens is 403 g/mol. The summed E-state index contributed by atoms with van der Waals surface area (Å²) in [6.45, 7) is 1.52. The zero-order valence-electron chi connectivity index (χ0n) is 11.9. The molecule has 24 heavy (non-hydrogen) atoms. The number of rotatable bonds is 6. The van der Waals surface area contributed by atoms with Gasteiger partial charge in [0.25, 0.3) is 9.22 Å². The number of hydrogen-bond donors (Lipinski definition) is 0. The highest BCUT2D eigenvalue weighted by molar-refractivity contribution is 7.89. The maximum atomic E-state index is 12.3. The van der Waals surface area contributed by atoms with Gasteiger partial charge >= 0.3 is 15.9 Å². The fraction of sp³-hybridized carbons (Fsp3) is 0.167. The molecule has 1 aromatic carbocycles. The van der Waals surface area contributed by atoms with Crippen LogP contribution in [-0.4, -0.2) is 24.1 Å². The van der Waals surface area contributed by atoms with E-state index in [1.807, 2.05) is 0 Å². The minimum Gasteiger partial charge on any atom is -0.378 e. The lowest BCUT2D eigenvalue weighted by atomic mass is 10.3. The fourth-order valence-corrected chi connectivity index (χ4v) is 4.13. The van der Waals surface area contributed by atoms with E-state index in [4.69, 9.17) is 27.4 Å². The Morgan fingerprint density at radius 3 is 2.58 bits per heavy atom. The first-order valence-electron chi connectivity index (χ1n) is 6.23. The molecule has 0 atom stereocenters. The largest absolute Gasteiger partial charge is 0.398 e. The number of thiazole rings is 1. The molecule has 1 aromatic heterocycles. The Morgan fingerprint density at radius 1 is 1.38 bits per heavy atom. The van der Waals surface area contributed by atoms with Crippen molar-refractivity contribution in [3.05, 3.63) is 43.4 Å². The highest BCUT2D eigenvalue weighted by atomic mass is 35.5. The molecule has 0 saturated heterocycles. The van der Waals surface area contributed by atoms with Gasteiger partial charge in [-0.15, -0.1) is 0 Å². The Bertz CT molecular complexity index is 926. The molecule has 0 aliphatic rings. The van der Waals surface area contributed by atoms with Crippen molar-refractivity contribution >= 4 is 56.3 Å². The van der Waals surface area contributed by atoms with Crippen molar-refractivity contribution in [2.75, 3.05) is 0 Å². The number of carbonyl (C=O) groups is 1.